The second-order valence-electron chi connectivity index (χ2n) is 6.47. The van der Waals surface area contributed by atoms with Gasteiger partial charge in [0, 0.05) is 26.1 Å². The van der Waals surface area contributed by atoms with Crippen LogP contribution in [0.2, 0.25) is 0 Å². The number of rotatable bonds is 9. The zero-order chi connectivity index (χ0) is 20.9. The fraction of sp³-hybridized carbons (Fsp3) is 0.300. The third-order valence-electron chi connectivity index (χ3n) is 4.52. The van der Waals surface area contributed by atoms with Crippen molar-refractivity contribution < 1.29 is 17.9 Å². The fourth-order valence-electron chi connectivity index (χ4n) is 3.01. The average Bonchev–Trinajstić information content (AvgIpc) is 3.03. The number of imidazole rings is 1. The molecule has 0 aliphatic rings. The number of carbonyl (C=O) groups excluding carboxylic acids is 1. The molecule has 0 saturated carbocycles. The first-order valence-corrected chi connectivity index (χ1v) is 10.7. The molecule has 2 N–H and O–H groups in total. The third kappa shape index (κ3) is 5.12. The van der Waals surface area contributed by atoms with Crippen molar-refractivity contribution in [3.8, 4) is 5.75 Å². The number of sulfonamides is 1. The second-order valence-corrected chi connectivity index (χ2v) is 8.24. The number of methoxy groups -OCH3 is 1. The first-order chi connectivity index (χ1) is 13.9. The Bertz CT molecular complexity index is 1090. The summed E-state index contributed by atoms with van der Waals surface area (Å²) in [6.45, 7) is 2.98. The highest BCUT2D eigenvalue weighted by Crippen LogP contribution is 2.16. The molecule has 0 spiro atoms. The minimum Gasteiger partial charge on any atom is -0.497 e. The molecule has 0 saturated heterocycles. The number of nitrogens with zero attached hydrogens (tertiary/aromatic N) is 2. The summed E-state index contributed by atoms with van der Waals surface area (Å²) in [5, 5.41) is 2.82. The van der Waals surface area contributed by atoms with Crippen LogP contribution in [-0.4, -0.2) is 44.1 Å². The molecule has 3 rings (SSSR count). The van der Waals surface area contributed by atoms with Gasteiger partial charge in [-0.15, -0.1) is 0 Å². The zero-order valence-corrected chi connectivity index (χ0v) is 17.2. The summed E-state index contributed by atoms with van der Waals surface area (Å²) in [4.78, 5) is 16.7. The van der Waals surface area contributed by atoms with Crippen molar-refractivity contribution in [1.29, 1.82) is 0 Å². The van der Waals surface area contributed by atoms with Crippen molar-refractivity contribution >= 4 is 27.0 Å². The van der Waals surface area contributed by atoms with Crippen molar-refractivity contribution in [3.05, 3.63) is 54.4 Å². The molecule has 0 unspecified atom stereocenters. The van der Waals surface area contributed by atoms with E-state index in [0.29, 0.717) is 18.8 Å². The lowest BCUT2D eigenvalue weighted by molar-refractivity contribution is -0.120. The number of ether oxygens (including phenoxy) is 1. The number of nitrogens with one attached hydrogen (secondary N) is 2. The molecule has 0 radical (unpaired) electrons. The number of aromatic nitrogens is 2. The van der Waals surface area contributed by atoms with Gasteiger partial charge in [-0.2, -0.15) is 0 Å². The normalized spacial score (nSPS) is 11.5. The summed E-state index contributed by atoms with van der Waals surface area (Å²) < 4.78 is 34.0. The molecule has 0 bridgehead atoms. The van der Waals surface area contributed by atoms with Gasteiger partial charge in [0.25, 0.3) is 0 Å². The maximum absolute atomic E-state index is 12.3. The van der Waals surface area contributed by atoms with E-state index in [4.69, 9.17) is 4.74 Å². The van der Waals surface area contributed by atoms with Gasteiger partial charge in [0.2, 0.25) is 15.9 Å². The van der Waals surface area contributed by atoms with Crippen molar-refractivity contribution in [2.75, 3.05) is 20.2 Å². The molecular weight excluding hydrogens is 392 g/mol. The molecule has 1 aromatic heterocycles. The smallest absolute Gasteiger partial charge is 0.240 e. The number of hydrogen-bond acceptors (Lipinski definition) is 5. The maximum Gasteiger partial charge on any atom is 0.240 e. The minimum absolute atomic E-state index is 0.0211. The molecule has 0 fully saturated rings. The highest BCUT2D eigenvalue weighted by Gasteiger charge is 2.14. The van der Waals surface area contributed by atoms with E-state index >= 15 is 0 Å². The predicted molar refractivity (Wildman–Crippen MR) is 110 cm³/mol. The molecule has 3 aromatic rings. The van der Waals surface area contributed by atoms with Crippen LogP contribution in [0.15, 0.2) is 53.4 Å². The summed E-state index contributed by atoms with van der Waals surface area (Å²) in [6, 6.07) is 13.9. The van der Waals surface area contributed by atoms with Gasteiger partial charge in [-0.3, -0.25) is 4.79 Å². The number of benzene rings is 2. The lowest BCUT2D eigenvalue weighted by Gasteiger charge is -2.10. The van der Waals surface area contributed by atoms with E-state index in [-0.39, 0.29) is 23.8 Å². The molecule has 9 heteroatoms. The molecule has 0 aliphatic carbocycles. The Morgan fingerprint density at radius 3 is 2.55 bits per heavy atom. The second kappa shape index (κ2) is 9.06. The Balaban J connectivity index is 1.45. The topological polar surface area (TPSA) is 102 Å². The monoisotopic (exact) mass is 416 g/mol. The van der Waals surface area contributed by atoms with E-state index < -0.39 is 10.0 Å². The van der Waals surface area contributed by atoms with Gasteiger partial charge in [-0.25, -0.2) is 18.1 Å². The Kier molecular flexibility index (Phi) is 6.50. The first-order valence-electron chi connectivity index (χ1n) is 9.23. The van der Waals surface area contributed by atoms with Crippen LogP contribution in [0.1, 0.15) is 12.2 Å². The van der Waals surface area contributed by atoms with Crippen molar-refractivity contribution in [3.63, 3.8) is 0 Å². The molecule has 2 aromatic carbocycles. The lowest BCUT2D eigenvalue weighted by atomic mass is 10.3. The van der Waals surface area contributed by atoms with Crippen molar-refractivity contribution in [2.45, 2.75) is 24.8 Å². The average molecular weight is 417 g/mol. The van der Waals surface area contributed by atoms with E-state index in [0.717, 1.165) is 16.9 Å². The van der Waals surface area contributed by atoms with E-state index in [1.54, 1.807) is 12.1 Å². The van der Waals surface area contributed by atoms with Crippen LogP contribution >= 0.6 is 0 Å². The molecule has 1 heterocycles. The minimum atomic E-state index is -3.66. The van der Waals surface area contributed by atoms with E-state index in [2.05, 4.69) is 15.0 Å². The maximum atomic E-state index is 12.3. The summed E-state index contributed by atoms with van der Waals surface area (Å²) in [5.74, 6) is 1.24. The molecule has 29 heavy (non-hydrogen) atoms. The summed E-state index contributed by atoms with van der Waals surface area (Å²) >= 11 is 0. The van der Waals surface area contributed by atoms with Crippen LogP contribution in [0.3, 0.4) is 0 Å². The van der Waals surface area contributed by atoms with E-state index in [1.807, 2.05) is 35.8 Å². The van der Waals surface area contributed by atoms with Gasteiger partial charge < -0.3 is 14.6 Å². The third-order valence-corrected chi connectivity index (χ3v) is 5.99. The number of carbonyl (C=O) groups is 1. The number of hydrogen-bond donors (Lipinski definition) is 2. The summed E-state index contributed by atoms with van der Waals surface area (Å²) in [5.41, 5.74) is 1.94. The van der Waals surface area contributed by atoms with Gasteiger partial charge in [0.05, 0.1) is 23.0 Å². The van der Waals surface area contributed by atoms with Crippen LogP contribution < -0.4 is 14.8 Å². The Morgan fingerprint density at radius 2 is 1.83 bits per heavy atom. The number of para-hydroxylation sites is 2. The molecular formula is C20H24N4O4S. The number of fused-ring (bicyclic) bond motifs is 1. The van der Waals surface area contributed by atoms with E-state index in [9.17, 15) is 13.2 Å². The van der Waals surface area contributed by atoms with Crippen LogP contribution in [0.25, 0.3) is 11.0 Å². The van der Waals surface area contributed by atoms with Gasteiger partial charge >= 0.3 is 0 Å². The fourth-order valence-corrected chi connectivity index (χ4v) is 4.04. The Labute approximate surface area is 169 Å². The zero-order valence-electron chi connectivity index (χ0n) is 16.4. The van der Waals surface area contributed by atoms with Gasteiger partial charge in [0.15, 0.2) is 0 Å². The largest absolute Gasteiger partial charge is 0.497 e. The molecule has 0 atom stereocenters. The molecule has 0 aliphatic heterocycles. The van der Waals surface area contributed by atoms with Gasteiger partial charge in [-0.05, 0) is 43.3 Å². The number of amides is 1. The van der Waals surface area contributed by atoms with Crippen LogP contribution in [-0.2, 0) is 21.4 Å². The van der Waals surface area contributed by atoms with Crippen LogP contribution in [0.4, 0.5) is 0 Å². The highest BCUT2D eigenvalue weighted by molar-refractivity contribution is 7.89. The highest BCUT2D eigenvalue weighted by atomic mass is 32.2. The van der Waals surface area contributed by atoms with Gasteiger partial charge in [-0.1, -0.05) is 12.1 Å². The SMILES string of the molecule is COc1ccc(S(=O)(=O)NCCC(=O)NCCn2c(C)nc3ccccc32)cc1. The van der Waals surface area contributed by atoms with Gasteiger partial charge in [0.1, 0.15) is 11.6 Å². The first kappa shape index (κ1) is 20.8. The van der Waals surface area contributed by atoms with Crippen LogP contribution in [0.5, 0.6) is 5.75 Å². The summed E-state index contributed by atoms with van der Waals surface area (Å²) in [6.07, 6.45) is 0.0546. The lowest BCUT2D eigenvalue weighted by Crippen LogP contribution is -2.32. The molecule has 8 nitrogen and oxygen atoms in total. The van der Waals surface area contributed by atoms with Crippen LogP contribution in [0, 0.1) is 6.92 Å². The standard InChI is InChI=1S/C20H24N4O4S/c1-15-23-18-5-3-4-6-19(18)24(15)14-13-21-20(25)11-12-22-29(26,27)17-9-7-16(28-2)8-10-17/h3-10,22H,11-14H2,1-2H3,(H,21,25). The Hall–Kier alpha value is -2.91. The summed E-state index contributed by atoms with van der Waals surface area (Å²) in [7, 11) is -2.15. The molecule has 1 amide bonds. The Morgan fingerprint density at radius 1 is 1.10 bits per heavy atom. The van der Waals surface area contributed by atoms with E-state index in [1.165, 1.54) is 19.2 Å². The van der Waals surface area contributed by atoms with Crippen molar-refractivity contribution in [2.24, 2.45) is 0 Å². The molecule has 154 valence electrons. The number of aryl methyl sites for hydroxylation is 1. The quantitative estimate of drug-likeness (QED) is 0.554. The van der Waals surface area contributed by atoms with Crippen molar-refractivity contribution in [1.82, 2.24) is 19.6 Å². The predicted octanol–water partition coefficient (Wildman–Crippen LogP) is 1.84.